The van der Waals surface area contributed by atoms with E-state index in [4.69, 9.17) is 8.92 Å². The van der Waals surface area contributed by atoms with Gasteiger partial charge in [-0.3, -0.25) is 9.59 Å². The van der Waals surface area contributed by atoms with E-state index in [1.54, 1.807) is 0 Å². The average molecular weight is 497 g/mol. The van der Waals surface area contributed by atoms with Crippen molar-refractivity contribution in [2.75, 3.05) is 6.61 Å². The molecule has 0 aliphatic heterocycles. The summed E-state index contributed by atoms with van der Waals surface area (Å²) in [4.78, 5) is 24.2. The van der Waals surface area contributed by atoms with Gasteiger partial charge in [0.2, 0.25) is 5.91 Å². The van der Waals surface area contributed by atoms with Gasteiger partial charge in [0, 0.05) is 45.5 Å². The van der Waals surface area contributed by atoms with E-state index < -0.39 is 0 Å². The van der Waals surface area contributed by atoms with E-state index in [1.165, 1.54) is 9.21 Å². The molecule has 1 amide bonds. The Morgan fingerprint density at radius 2 is 1.65 bits per heavy atom. The highest BCUT2D eigenvalue weighted by Gasteiger charge is 2.28. The second-order valence-electron chi connectivity index (χ2n) is 7.85. The number of hydrogen-bond donors (Lipinski definition) is 1. The van der Waals surface area contributed by atoms with E-state index in [-0.39, 0.29) is 29.9 Å². The maximum absolute atomic E-state index is 12.1. The lowest BCUT2D eigenvalue weighted by Crippen LogP contribution is -2.39. The predicted molar refractivity (Wildman–Crippen MR) is 113 cm³/mol. The summed E-state index contributed by atoms with van der Waals surface area (Å²) in [7, 11) is 1.41. The first-order valence-corrected chi connectivity index (χ1v) is 13.2. The van der Waals surface area contributed by atoms with Gasteiger partial charge in [-0.1, -0.05) is 13.8 Å². The van der Waals surface area contributed by atoms with Crippen LogP contribution in [0.1, 0.15) is 71.6 Å². The zero-order valence-corrected chi connectivity index (χ0v) is 18.9. The molecule has 0 bridgehead atoms. The largest absolute Gasteiger partial charge is 0.378 e. The van der Waals surface area contributed by atoms with Crippen molar-refractivity contribution in [1.82, 2.24) is 5.32 Å². The molecule has 5 nitrogen and oxygen atoms in total. The number of amides is 1. The first-order valence-electron chi connectivity index (χ1n) is 9.88. The van der Waals surface area contributed by atoms with Crippen molar-refractivity contribution in [2.24, 2.45) is 11.8 Å². The second kappa shape index (κ2) is 11.9. The third kappa shape index (κ3) is 7.64. The summed E-state index contributed by atoms with van der Waals surface area (Å²) >= 11 is 2.16. The molecule has 0 aromatic rings. The van der Waals surface area contributed by atoms with E-state index in [0.29, 0.717) is 24.9 Å². The molecular formula is C19H32INO4S. The lowest BCUT2D eigenvalue weighted by Gasteiger charge is -2.29. The van der Waals surface area contributed by atoms with Crippen molar-refractivity contribution in [2.45, 2.75) is 89.9 Å². The van der Waals surface area contributed by atoms with Gasteiger partial charge in [-0.2, -0.15) is 0 Å². The molecule has 0 saturated heterocycles. The molecule has 2 rings (SSSR count). The number of hydrogen-bond acceptors (Lipinski definition) is 5. The van der Waals surface area contributed by atoms with Crippen LogP contribution in [-0.2, 0) is 18.5 Å². The van der Waals surface area contributed by atoms with E-state index in [2.05, 4.69) is 26.5 Å². The van der Waals surface area contributed by atoms with Crippen LogP contribution in [-0.4, -0.2) is 36.5 Å². The Balaban J connectivity index is 1.55. The Morgan fingerprint density at radius 3 is 2.23 bits per heavy atom. The van der Waals surface area contributed by atoms with Crippen LogP contribution >= 0.6 is 30.4 Å². The summed E-state index contributed by atoms with van der Waals surface area (Å²) in [5.74, 6) is 0.754. The summed E-state index contributed by atoms with van der Waals surface area (Å²) in [5.41, 5.74) is 0. The molecule has 1 N–H and O–H groups in total. The minimum atomic E-state index is 0.0713. The molecule has 0 radical (unpaired) electrons. The van der Waals surface area contributed by atoms with Crippen LogP contribution in [0.5, 0.6) is 0 Å². The van der Waals surface area contributed by atoms with Gasteiger partial charge in [0.25, 0.3) is 0 Å². The number of ether oxygens (including phenoxy) is 1. The number of ketones is 1. The van der Waals surface area contributed by atoms with Crippen LogP contribution in [0.15, 0.2) is 0 Å². The van der Waals surface area contributed by atoms with Crippen molar-refractivity contribution in [1.29, 1.82) is 0 Å². The van der Waals surface area contributed by atoms with E-state index in [9.17, 15) is 9.59 Å². The minimum absolute atomic E-state index is 0.0713. The predicted octanol–water partition coefficient (Wildman–Crippen LogP) is 4.62. The first kappa shape index (κ1) is 22.4. The number of nitrogens with one attached hydrogen (secondary N) is 1. The molecule has 0 aromatic carbocycles. The fourth-order valence-electron chi connectivity index (χ4n) is 3.96. The Labute approximate surface area is 173 Å². The third-order valence-corrected chi connectivity index (χ3v) is 6.51. The number of carbonyl (C=O) groups excluding carboxylic acids is 2. The number of halogens is 1. The SMILES string of the molecule is CC(C)C(=O)C1CCC(NC(=O)CCOC2CCC(OSI)CC2)CC1. The standard InChI is InChI=1S/C19H32INO4S/c1-13(2)19(23)14-3-5-15(6-4-14)21-18(22)11-12-24-16-7-9-17(10-8-16)25-26-20/h13-17H,3-12H2,1-2H3,(H,21,22). The second-order valence-corrected chi connectivity index (χ2v) is 9.25. The lowest BCUT2D eigenvalue weighted by atomic mass is 9.80. The Morgan fingerprint density at radius 1 is 1.04 bits per heavy atom. The van der Waals surface area contributed by atoms with Crippen LogP contribution in [0.25, 0.3) is 0 Å². The van der Waals surface area contributed by atoms with E-state index in [0.717, 1.165) is 51.4 Å². The van der Waals surface area contributed by atoms with Crippen LogP contribution < -0.4 is 5.32 Å². The van der Waals surface area contributed by atoms with Crippen molar-refractivity contribution in [3.05, 3.63) is 0 Å². The molecule has 2 aliphatic rings. The van der Waals surface area contributed by atoms with Crippen molar-refractivity contribution in [3.8, 4) is 0 Å². The molecule has 7 heteroatoms. The number of carbonyl (C=O) groups is 2. The molecule has 0 spiro atoms. The average Bonchev–Trinajstić information content (AvgIpc) is 2.63. The van der Waals surface area contributed by atoms with Gasteiger partial charge in [-0.25, -0.2) is 0 Å². The molecular weight excluding hydrogens is 465 g/mol. The fraction of sp³-hybridized carbons (Fsp3) is 0.895. The lowest BCUT2D eigenvalue weighted by molar-refractivity contribution is -0.127. The van der Waals surface area contributed by atoms with E-state index in [1.807, 2.05) is 13.8 Å². The fourth-order valence-corrected chi connectivity index (χ4v) is 5.13. The van der Waals surface area contributed by atoms with Crippen LogP contribution in [0.2, 0.25) is 0 Å². The van der Waals surface area contributed by atoms with E-state index >= 15 is 0 Å². The molecule has 2 saturated carbocycles. The highest BCUT2D eigenvalue weighted by Crippen LogP contribution is 2.29. The topological polar surface area (TPSA) is 64.6 Å². The number of Topliss-reactive ketones (excluding diaryl/α,β-unsaturated/α-hetero) is 1. The zero-order valence-electron chi connectivity index (χ0n) is 15.9. The highest BCUT2D eigenvalue weighted by atomic mass is 127. The summed E-state index contributed by atoms with van der Waals surface area (Å²) in [5, 5.41) is 3.12. The third-order valence-electron chi connectivity index (χ3n) is 5.54. The molecule has 150 valence electrons. The maximum Gasteiger partial charge on any atom is 0.222 e. The zero-order chi connectivity index (χ0) is 18.9. The normalized spacial score (nSPS) is 29.5. The highest BCUT2D eigenvalue weighted by molar-refractivity contribution is 14.2. The smallest absolute Gasteiger partial charge is 0.222 e. The molecule has 0 unspecified atom stereocenters. The molecule has 0 heterocycles. The van der Waals surface area contributed by atoms with Crippen LogP contribution in [0, 0.1) is 11.8 Å². The maximum atomic E-state index is 12.1. The van der Waals surface area contributed by atoms with Gasteiger partial charge in [-0.05, 0) is 51.4 Å². The molecule has 26 heavy (non-hydrogen) atoms. The quantitative estimate of drug-likeness (QED) is 0.372. The first-order chi connectivity index (χ1) is 12.5. The molecule has 2 fully saturated rings. The summed E-state index contributed by atoms with van der Waals surface area (Å²) in [6, 6.07) is 0.220. The van der Waals surface area contributed by atoms with Gasteiger partial charge in [0.05, 0.1) is 28.0 Å². The Bertz CT molecular complexity index is 447. The van der Waals surface area contributed by atoms with Crippen molar-refractivity contribution >= 4 is 42.1 Å². The van der Waals surface area contributed by atoms with Crippen LogP contribution in [0.3, 0.4) is 0 Å². The monoisotopic (exact) mass is 497 g/mol. The molecule has 0 atom stereocenters. The minimum Gasteiger partial charge on any atom is -0.378 e. The van der Waals surface area contributed by atoms with Crippen molar-refractivity contribution in [3.63, 3.8) is 0 Å². The van der Waals surface area contributed by atoms with Gasteiger partial charge < -0.3 is 14.2 Å². The van der Waals surface area contributed by atoms with Crippen LogP contribution in [0.4, 0.5) is 0 Å². The van der Waals surface area contributed by atoms with Gasteiger partial charge in [0.15, 0.2) is 0 Å². The van der Waals surface area contributed by atoms with Gasteiger partial charge >= 0.3 is 0 Å². The Kier molecular flexibility index (Phi) is 10.2. The van der Waals surface area contributed by atoms with Gasteiger partial charge in [-0.15, -0.1) is 0 Å². The number of rotatable bonds is 9. The van der Waals surface area contributed by atoms with Gasteiger partial charge in [0.1, 0.15) is 5.78 Å². The summed E-state index contributed by atoms with van der Waals surface area (Å²) in [6.45, 7) is 4.43. The molecule has 2 aliphatic carbocycles. The van der Waals surface area contributed by atoms with Crippen molar-refractivity contribution < 1.29 is 18.5 Å². The summed E-state index contributed by atoms with van der Waals surface area (Å²) < 4.78 is 11.4. The molecule has 0 aromatic heterocycles. The Hall–Kier alpha value is 0.140. The summed E-state index contributed by atoms with van der Waals surface area (Å²) in [6.07, 6.45) is 8.75.